The minimum atomic E-state index is -1.46. The van der Waals surface area contributed by atoms with Crippen LogP contribution in [0.4, 0.5) is 0 Å². The lowest BCUT2D eigenvalue weighted by atomic mass is 10.0. The number of hydrogen-bond acceptors (Lipinski definition) is 6. The number of ether oxygens (including phenoxy) is 3. The molecule has 0 aromatic heterocycles. The van der Waals surface area contributed by atoms with E-state index in [9.17, 15) is 19.8 Å². The lowest BCUT2D eigenvalue weighted by molar-refractivity contribution is -0.870. The van der Waals surface area contributed by atoms with E-state index in [0.717, 1.165) is 19.3 Å². The maximum absolute atomic E-state index is 12.0. The van der Waals surface area contributed by atoms with Crippen molar-refractivity contribution in [2.75, 3.05) is 47.5 Å². The maximum atomic E-state index is 12.0. The average molecular weight is 825 g/mol. The summed E-state index contributed by atoms with van der Waals surface area (Å²) in [5.74, 6) is -1.60. The second kappa shape index (κ2) is 43.6. The number of nitrogens with zero attached hydrogens (tertiary/aromatic N) is 1. The number of rotatable bonds is 47. The van der Waals surface area contributed by atoms with Gasteiger partial charge in [0, 0.05) is 6.42 Å². The van der Waals surface area contributed by atoms with Crippen molar-refractivity contribution in [2.24, 2.45) is 0 Å². The Labute approximate surface area is 359 Å². The molecule has 2 atom stereocenters. The largest absolute Gasteiger partial charge is 0.477 e. The van der Waals surface area contributed by atoms with Crippen molar-refractivity contribution in [1.29, 1.82) is 0 Å². The van der Waals surface area contributed by atoms with E-state index >= 15 is 0 Å². The van der Waals surface area contributed by atoms with Crippen molar-refractivity contribution in [3.8, 4) is 0 Å². The molecule has 8 heteroatoms. The standard InChI is InChI=1S/C50H97NO7/c1-5-6-7-8-9-10-11-12-13-14-15-16-17-18-19-20-21-22-23-24-25-26-27-28-29-30-31-32-33-34-35-36-37-38-39-40-41-42-48(53)57-45-47(52)46-58-50(49(54)55)56-44-43-51(2,3)4/h14-15,47,50,52H,5-13,16-46H2,1-4H3/p+1/b15-14-. The molecule has 0 rings (SSSR count). The molecule has 0 aliphatic heterocycles. The zero-order valence-electron chi connectivity index (χ0n) is 39.0. The van der Waals surface area contributed by atoms with Gasteiger partial charge in [-0.2, -0.15) is 0 Å². The first kappa shape index (κ1) is 56.5. The third-order valence-electron chi connectivity index (χ3n) is 11.3. The second-order valence-corrected chi connectivity index (χ2v) is 18.3. The number of aliphatic carboxylic acids is 1. The molecular weight excluding hydrogens is 727 g/mol. The minimum absolute atomic E-state index is 0.213. The van der Waals surface area contributed by atoms with Crippen LogP contribution in [0.2, 0.25) is 0 Å². The Morgan fingerprint density at radius 3 is 1.19 bits per heavy atom. The Balaban J connectivity index is 3.32. The van der Waals surface area contributed by atoms with E-state index in [4.69, 9.17) is 14.2 Å². The molecule has 344 valence electrons. The molecule has 0 saturated carbocycles. The molecule has 58 heavy (non-hydrogen) atoms. The number of allylic oxidation sites excluding steroid dienone is 2. The highest BCUT2D eigenvalue weighted by Gasteiger charge is 2.22. The molecule has 2 N–H and O–H groups in total. The van der Waals surface area contributed by atoms with Crippen LogP contribution in [0.1, 0.15) is 238 Å². The molecule has 0 spiro atoms. The fraction of sp³-hybridized carbons (Fsp3) is 0.920. The number of hydrogen-bond donors (Lipinski definition) is 2. The van der Waals surface area contributed by atoms with E-state index in [1.165, 1.54) is 205 Å². The van der Waals surface area contributed by atoms with Crippen molar-refractivity contribution in [3.63, 3.8) is 0 Å². The van der Waals surface area contributed by atoms with E-state index in [1.807, 2.05) is 21.1 Å². The predicted molar refractivity (Wildman–Crippen MR) is 244 cm³/mol. The Morgan fingerprint density at radius 1 is 0.500 bits per heavy atom. The predicted octanol–water partition coefficient (Wildman–Crippen LogP) is 13.7. The van der Waals surface area contributed by atoms with Crippen molar-refractivity contribution in [2.45, 2.75) is 250 Å². The number of aliphatic hydroxyl groups excluding tert-OH is 1. The van der Waals surface area contributed by atoms with E-state index in [2.05, 4.69) is 19.1 Å². The van der Waals surface area contributed by atoms with Gasteiger partial charge in [0.2, 0.25) is 0 Å². The van der Waals surface area contributed by atoms with Gasteiger partial charge in [0.15, 0.2) is 0 Å². The number of carboxylic acids is 1. The SMILES string of the molecule is CCCCCCCCCC/C=C\CCCCCCCCCCCCCCCCCCCCCCCCCCCC(=O)OCC(O)COC(OCC[N+](C)(C)C)C(=O)O. The van der Waals surface area contributed by atoms with Gasteiger partial charge in [0.25, 0.3) is 6.29 Å². The molecule has 2 unspecified atom stereocenters. The first-order valence-electron chi connectivity index (χ1n) is 24.9. The van der Waals surface area contributed by atoms with Crippen LogP contribution in [-0.2, 0) is 23.8 Å². The first-order valence-corrected chi connectivity index (χ1v) is 24.9. The van der Waals surface area contributed by atoms with Crippen LogP contribution in [-0.4, -0.2) is 86.5 Å². The average Bonchev–Trinajstić information content (AvgIpc) is 3.19. The van der Waals surface area contributed by atoms with Crippen molar-refractivity contribution < 1.29 is 38.5 Å². The number of likely N-dealkylation sites (N-methyl/N-ethyl adjacent to an activating group) is 1. The smallest absolute Gasteiger partial charge is 0.361 e. The topological polar surface area (TPSA) is 102 Å². The lowest BCUT2D eigenvalue weighted by Crippen LogP contribution is -2.40. The zero-order chi connectivity index (χ0) is 42.6. The number of carbonyl (C=O) groups excluding carboxylic acids is 1. The van der Waals surface area contributed by atoms with Crippen molar-refractivity contribution >= 4 is 11.9 Å². The Bertz CT molecular complexity index is 905. The van der Waals surface area contributed by atoms with Gasteiger partial charge in [-0.1, -0.05) is 212 Å². The molecule has 0 aliphatic carbocycles. The van der Waals surface area contributed by atoms with E-state index in [0.29, 0.717) is 17.4 Å². The molecule has 0 aromatic carbocycles. The fourth-order valence-electron chi connectivity index (χ4n) is 7.36. The van der Waals surface area contributed by atoms with Gasteiger partial charge in [-0.3, -0.25) is 4.79 Å². The molecule has 0 saturated heterocycles. The summed E-state index contributed by atoms with van der Waals surface area (Å²) in [6, 6.07) is 0. The number of carbonyl (C=O) groups is 2. The summed E-state index contributed by atoms with van der Waals surface area (Å²) in [6.45, 7) is 2.62. The van der Waals surface area contributed by atoms with Crippen LogP contribution in [0.3, 0.4) is 0 Å². The summed E-state index contributed by atoms with van der Waals surface area (Å²) < 4.78 is 16.2. The van der Waals surface area contributed by atoms with Gasteiger partial charge >= 0.3 is 11.9 Å². The first-order chi connectivity index (χ1) is 28.2. The molecule has 0 amide bonds. The monoisotopic (exact) mass is 825 g/mol. The van der Waals surface area contributed by atoms with Gasteiger partial charge in [0.1, 0.15) is 19.3 Å². The summed E-state index contributed by atoms with van der Waals surface area (Å²) in [5, 5.41) is 19.3. The molecule has 8 nitrogen and oxygen atoms in total. The summed E-state index contributed by atoms with van der Waals surface area (Å²) >= 11 is 0. The number of unbranched alkanes of at least 4 members (excludes halogenated alkanes) is 33. The molecule has 0 radical (unpaired) electrons. The zero-order valence-corrected chi connectivity index (χ0v) is 39.0. The number of esters is 1. The van der Waals surface area contributed by atoms with Crippen molar-refractivity contribution in [1.82, 2.24) is 0 Å². The number of carboxylic acid groups (broad SMARTS) is 1. The van der Waals surface area contributed by atoms with Gasteiger partial charge in [-0.15, -0.1) is 0 Å². The highest BCUT2D eigenvalue weighted by Crippen LogP contribution is 2.17. The van der Waals surface area contributed by atoms with E-state index in [-0.39, 0.29) is 25.8 Å². The van der Waals surface area contributed by atoms with Crippen LogP contribution in [0.5, 0.6) is 0 Å². The molecule has 0 heterocycles. The summed E-state index contributed by atoms with van der Waals surface area (Å²) in [5.41, 5.74) is 0. The highest BCUT2D eigenvalue weighted by atomic mass is 16.7. The van der Waals surface area contributed by atoms with Crippen LogP contribution >= 0.6 is 0 Å². The highest BCUT2D eigenvalue weighted by molar-refractivity contribution is 5.70. The van der Waals surface area contributed by atoms with Gasteiger partial charge in [-0.05, 0) is 32.1 Å². The Morgan fingerprint density at radius 2 is 0.845 bits per heavy atom. The summed E-state index contributed by atoms with van der Waals surface area (Å²) in [7, 11) is 5.93. The molecular formula is C50H98NO7+. The van der Waals surface area contributed by atoms with Gasteiger partial charge < -0.3 is 28.9 Å². The maximum Gasteiger partial charge on any atom is 0.361 e. The number of aliphatic hydroxyl groups is 1. The quantitative estimate of drug-likeness (QED) is 0.0207. The normalized spacial score (nSPS) is 13.1. The second-order valence-electron chi connectivity index (χ2n) is 18.3. The van der Waals surface area contributed by atoms with Crippen LogP contribution in [0, 0.1) is 0 Å². The van der Waals surface area contributed by atoms with Gasteiger partial charge in [-0.25, -0.2) is 4.79 Å². The lowest BCUT2D eigenvalue weighted by Gasteiger charge is -2.24. The van der Waals surface area contributed by atoms with E-state index in [1.54, 1.807) is 0 Å². The Kier molecular flexibility index (Phi) is 42.5. The minimum Gasteiger partial charge on any atom is -0.477 e. The third-order valence-corrected chi connectivity index (χ3v) is 11.3. The number of quaternary nitrogens is 1. The van der Waals surface area contributed by atoms with Crippen LogP contribution in [0.15, 0.2) is 12.2 Å². The fourth-order valence-corrected chi connectivity index (χ4v) is 7.36. The van der Waals surface area contributed by atoms with Crippen LogP contribution in [0.25, 0.3) is 0 Å². The van der Waals surface area contributed by atoms with E-state index < -0.39 is 18.4 Å². The van der Waals surface area contributed by atoms with Gasteiger partial charge in [0.05, 0.1) is 34.4 Å². The molecule has 0 aromatic rings. The summed E-state index contributed by atoms with van der Waals surface area (Å²) in [4.78, 5) is 23.3. The van der Waals surface area contributed by atoms with Crippen LogP contribution < -0.4 is 0 Å². The Hall–Kier alpha value is -1.48. The summed E-state index contributed by atoms with van der Waals surface area (Å²) in [6.07, 6.45) is 50.2. The molecule has 0 aliphatic rings. The third kappa shape index (κ3) is 45.6. The van der Waals surface area contributed by atoms with Crippen molar-refractivity contribution in [3.05, 3.63) is 12.2 Å². The molecule has 0 fully saturated rings. The molecule has 0 bridgehead atoms.